The van der Waals surface area contributed by atoms with Gasteiger partial charge in [0.05, 0.1) is 0 Å². The van der Waals surface area contributed by atoms with Crippen LogP contribution in [0.4, 0.5) is 5.82 Å². The maximum atomic E-state index is 12.3. The quantitative estimate of drug-likeness (QED) is 0.732. The summed E-state index contributed by atoms with van der Waals surface area (Å²) in [6, 6.07) is 4.07. The number of piperidine rings is 1. The second kappa shape index (κ2) is 7.04. The van der Waals surface area contributed by atoms with Crippen molar-refractivity contribution in [2.24, 2.45) is 28.6 Å². The number of allylic oxidation sites excluding steroid dienone is 4. The maximum Gasteiger partial charge on any atom is 0.226 e. The van der Waals surface area contributed by atoms with Gasteiger partial charge in [-0.05, 0) is 73.0 Å². The van der Waals surface area contributed by atoms with E-state index in [9.17, 15) is 9.59 Å². The monoisotopic (exact) mass is 419 g/mol. The average Bonchev–Trinajstić information content (AvgIpc) is 3.08. The first-order chi connectivity index (χ1) is 14.8. The molecule has 0 unspecified atom stereocenters. The summed E-state index contributed by atoms with van der Waals surface area (Å²) in [6.45, 7) is 6.37. The van der Waals surface area contributed by atoms with E-state index in [1.807, 2.05) is 18.0 Å². The van der Waals surface area contributed by atoms with Gasteiger partial charge in [-0.25, -0.2) is 4.98 Å². The molecular weight excluding hydrogens is 386 g/mol. The Balaban J connectivity index is 1.49. The molecule has 2 heterocycles. The van der Waals surface area contributed by atoms with Crippen molar-refractivity contribution in [2.75, 3.05) is 12.4 Å². The van der Waals surface area contributed by atoms with E-state index in [4.69, 9.17) is 0 Å². The molecule has 1 saturated carbocycles. The van der Waals surface area contributed by atoms with Crippen molar-refractivity contribution in [1.29, 1.82) is 0 Å². The summed E-state index contributed by atoms with van der Waals surface area (Å²) in [6.07, 6.45) is 12.6. The Hall–Kier alpha value is -2.43. The highest BCUT2D eigenvalue weighted by atomic mass is 16.2. The third-order valence-corrected chi connectivity index (χ3v) is 8.99. The summed E-state index contributed by atoms with van der Waals surface area (Å²) in [5, 5.41) is 2.93. The molecule has 31 heavy (non-hydrogen) atoms. The number of hydrogen-bond acceptors (Lipinski definition) is 3. The van der Waals surface area contributed by atoms with Gasteiger partial charge < -0.3 is 10.2 Å². The molecule has 0 bridgehead atoms. The zero-order valence-electron chi connectivity index (χ0n) is 19.1. The Morgan fingerprint density at radius 2 is 1.97 bits per heavy atom. The summed E-state index contributed by atoms with van der Waals surface area (Å²) < 4.78 is 0. The fraction of sp³-hybridized carbons (Fsp3) is 0.577. The fourth-order valence-electron chi connectivity index (χ4n) is 7.45. The summed E-state index contributed by atoms with van der Waals surface area (Å²) in [7, 11) is 1.96. The SMILES string of the molecule is CC(=O)Nc1ncccc1C1=CC[C@H]2[C@@H]3CC=C4N(C)C(=O)CC[C@]4(C)[C@H]3CC[C@]12C. The van der Waals surface area contributed by atoms with Crippen molar-refractivity contribution in [3.63, 3.8) is 0 Å². The first-order valence-corrected chi connectivity index (χ1v) is 11.7. The lowest BCUT2D eigenvalue weighted by molar-refractivity contribution is -0.135. The van der Waals surface area contributed by atoms with Crippen LogP contribution in [-0.2, 0) is 9.59 Å². The molecule has 0 spiro atoms. The predicted octanol–water partition coefficient (Wildman–Crippen LogP) is 5.02. The van der Waals surface area contributed by atoms with Crippen molar-refractivity contribution in [3.05, 3.63) is 41.7 Å². The smallest absolute Gasteiger partial charge is 0.226 e. The number of carbonyl (C=O) groups is 2. The highest BCUT2D eigenvalue weighted by Crippen LogP contribution is 2.66. The number of amides is 2. The molecule has 5 nitrogen and oxygen atoms in total. The largest absolute Gasteiger partial charge is 0.319 e. The molecule has 5 heteroatoms. The average molecular weight is 420 g/mol. The first kappa shape index (κ1) is 20.5. The lowest BCUT2D eigenvalue weighted by atomic mass is 9.49. The minimum absolute atomic E-state index is 0.0854. The zero-order chi connectivity index (χ0) is 22.0. The molecule has 1 saturated heterocycles. The lowest BCUT2D eigenvalue weighted by Gasteiger charge is -2.58. The Labute approximate surface area is 185 Å². The van der Waals surface area contributed by atoms with Crippen LogP contribution in [0.2, 0.25) is 0 Å². The Kier molecular flexibility index (Phi) is 4.65. The second-order valence-electron chi connectivity index (χ2n) is 10.5. The van der Waals surface area contributed by atoms with Crippen LogP contribution >= 0.6 is 0 Å². The van der Waals surface area contributed by atoms with Gasteiger partial charge in [0.15, 0.2) is 0 Å². The van der Waals surface area contributed by atoms with E-state index in [-0.39, 0.29) is 22.6 Å². The van der Waals surface area contributed by atoms with Crippen molar-refractivity contribution in [1.82, 2.24) is 9.88 Å². The summed E-state index contributed by atoms with van der Waals surface area (Å²) >= 11 is 0. The Bertz CT molecular complexity index is 1010. The molecule has 1 aromatic heterocycles. The van der Waals surface area contributed by atoms with Crippen molar-refractivity contribution < 1.29 is 9.59 Å². The van der Waals surface area contributed by atoms with Gasteiger partial charge in [0.25, 0.3) is 0 Å². The van der Waals surface area contributed by atoms with Crippen LogP contribution in [0.5, 0.6) is 0 Å². The maximum absolute atomic E-state index is 12.3. The number of fused-ring (bicyclic) bond motifs is 5. The lowest BCUT2D eigenvalue weighted by Crippen LogP contribution is -2.53. The topological polar surface area (TPSA) is 62.3 Å². The van der Waals surface area contributed by atoms with Gasteiger partial charge in [-0.2, -0.15) is 0 Å². The number of likely N-dealkylation sites (tertiary alicyclic amines) is 1. The molecule has 1 aliphatic heterocycles. The molecule has 5 atom stereocenters. The minimum Gasteiger partial charge on any atom is -0.319 e. The highest BCUT2D eigenvalue weighted by Gasteiger charge is 2.57. The molecule has 0 radical (unpaired) electrons. The predicted molar refractivity (Wildman–Crippen MR) is 122 cm³/mol. The van der Waals surface area contributed by atoms with Gasteiger partial charge in [-0.15, -0.1) is 0 Å². The normalized spacial score (nSPS) is 36.7. The van der Waals surface area contributed by atoms with Gasteiger partial charge in [0.1, 0.15) is 5.82 Å². The van der Waals surface area contributed by atoms with Crippen LogP contribution in [0.15, 0.2) is 36.2 Å². The molecular formula is C26H33N3O2. The highest BCUT2D eigenvalue weighted by molar-refractivity contribution is 5.92. The zero-order valence-corrected chi connectivity index (χ0v) is 19.1. The van der Waals surface area contributed by atoms with Crippen LogP contribution in [0, 0.1) is 28.6 Å². The number of nitrogens with zero attached hydrogens (tertiary/aromatic N) is 2. The van der Waals surface area contributed by atoms with Gasteiger partial charge >= 0.3 is 0 Å². The van der Waals surface area contributed by atoms with Gasteiger partial charge in [-0.3, -0.25) is 9.59 Å². The van der Waals surface area contributed by atoms with E-state index in [0.717, 1.165) is 31.2 Å². The number of pyridine rings is 1. The first-order valence-electron chi connectivity index (χ1n) is 11.7. The fourth-order valence-corrected chi connectivity index (χ4v) is 7.45. The number of nitrogens with one attached hydrogen (secondary N) is 1. The molecule has 2 amide bonds. The Morgan fingerprint density at radius 3 is 2.74 bits per heavy atom. The van der Waals surface area contributed by atoms with E-state index >= 15 is 0 Å². The molecule has 1 N–H and O–H groups in total. The minimum atomic E-state index is -0.0854. The van der Waals surface area contributed by atoms with Crippen molar-refractivity contribution in [2.45, 2.75) is 59.3 Å². The Morgan fingerprint density at radius 1 is 1.16 bits per heavy atom. The van der Waals surface area contributed by atoms with Gasteiger partial charge in [0, 0.05) is 43.3 Å². The molecule has 0 aromatic carbocycles. The number of anilines is 1. The molecule has 2 fully saturated rings. The number of aromatic nitrogens is 1. The van der Waals surface area contributed by atoms with E-state index in [2.05, 4.69) is 42.4 Å². The van der Waals surface area contributed by atoms with Crippen molar-refractivity contribution >= 4 is 23.2 Å². The van der Waals surface area contributed by atoms with Gasteiger partial charge in [-0.1, -0.05) is 26.0 Å². The van der Waals surface area contributed by atoms with E-state index in [1.54, 1.807) is 6.20 Å². The summed E-state index contributed by atoms with van der Waals surface area (Å²) in [4.78, 5) is 30.5. The second-order valence-corrected chi connectivity index (χ2v) is 10.5. The van der Waals surface area contributed by atoms with Crippen LogP contribution in [-0.4, -0.2) is 28.7 Å². The molecule has 4 aliphatic rings. The van der Waals surface area contributed by atoms with Gasteiger partial charge in [0.2, 0.25) is 11.8 Å². The molecule has 3 aliphatic carbocycles. The third kappa shape index (κ3) is 2.92. The summed E-state index contributed by atoms with van der Waals surface area (Å²) in [5.74, 6) is 2.69. The van der Waals surface area contributed by atoms with Crippen LogP contribution in [0.1, 0.15) is 64.9 Å². The number of carbonyl (C=O) groups excluding carboxylic acids is 2. The standard InChI is InChI=1S/C26H33N3O2/c1-16(30)28-24-18(6-5-15-27-24)20-9-8-19-17-7-10-22-26(3,14-12-23(31)29(22)4)21(17)11-13-25(19,20)2/h5-6,9-10,15,17,19,21H,7-8,11-14H2,1-4H3,(H,27,28,30)/t17-,19-,21-,25-,26+/m0/s1. The molecule has 5 rings (SSSR count). The van der Waals surface area contributed by atoms with Crippen LogP contribution < -0.4 is 5.32 Å². The van der Waals surface area contributed by atoms with Crippen molar-refractivity contribution in [3.8, 4) is 0 Å². The number of rotatable bonds is 2. The summed E-state index contributed by atoms with van der Waals surface area (Å²) in [5.41, 5.74) is 3.88. The van der Waals surface area contributed by atoms with E-state index in [1.165, 1.54) is 24.6 Å². The molecule has 164 valence electrons. The molecule has 1 aromatic rings. The van der Waals surface area contributed by atoms with Crippen LogP contribution in [0.3, 0.4) is 0 Å². The van der Waals surface area contributed by atoms with E-state index in [0.29, 0.717) is 30.0 Å². The van der Waals surface area contributed by atoms with E-state index < -0.39 is 0 Å². The van der Waals surface area contributed by atoms with Crippen LogP contribution in [0.25, 0.3) is 5.57 Å². The number of hydrogen-bond donors (Lipinski definition) is 1. The third-order valence-electron chi connectivity index (χ3n) is 8.99.